The molecule has 9 atom stereocenters. The van der Waals surface area contributed by atoms with Gasteiger partial charge in [0.05, 0.1) is 69.1 Å². The van der Waals surface area contributed by atoms with Crippen molar-refractivity contribution in [3.8, 4) is 0 Å². The molecule has 23 nitrogen and oxygen atoms in total. The van der Waals surface area contributed by atoms with Gasteiger partial charge < -0.3 is 81.5 Å². The van der Waals surface area contributed by atoms with Gasteiger partial charge in [-0.2, -0.15) is 13.1 Å². The van der Waals surface area contributed by atoms with Crippen molar-refractivity contribution in [1.29, 1.82) is 0 Å². The number of nitrogens with zero attached hydrogens (tertiary/aromatic N) is 6. The van der Waals surface area contributed by atoms with Gasteiger partial charge in [0.25, 0.3) is 0 Å². The molecule has 1 aromatic carbocycles. The minimum atomic E-state index is -0.903. The number of halogens is 1. The van der Waals surface area contributed by atoms with E-state index in [-0.39, 0.29) is 92.5 Å². The van der Waals surface area contributed by atoms with Crippen molar-refractivity contribution in [2.45, 2.75) is 136 Å². The average molecular weight is 1480 g/mol. The fraction of sp³-hybridized carbons (Fsp3) is 0.797. The number of hydrogen-bond acceptors (Lipinski definition) is 13. The van der Waals surface area contributed by atoms with Crippen LogP contribution < -0.4 is 26.6 Å². The molecule has 0 radical (unpaired) electrons. The Hall–Kier alpha value is -3.14. The molecule has 2 fully saturated rings. The number of piperidine rings is 1. The van der Waals surface area contributed by atoms with Gasteiger partial charge in [-0.1, -0.05) is 98.1 Å². The number of amides is 7. The summed E-state index contributed by atoms with van der Waals surface area (Å²) in [5.41, 5.74) is 0.867. The number of carbonyl (C=O) groups excluding carboxylic acids is 6. The van der Waals surface area contributed by atoms with E-state index in [1.54, 1.807) is 30.9 Å². The maximum absolute atomic E-state index is 14.5. The summed E-state index contributed by atoms with van der Waals surface area (Å²) in [6, 6.07) is 6.20. The van der Waals surface area contributed by atoms with E-state index >= 15 is 0 Å². The van der Waals surface area contributed by atoms with Gasteiger partial charge in [0.1, 0.15) is 12.1 Å². The molecule has 2 aliphatic heterocycles. The number of aliphatic hydroxyl groups excluding tert-OH is 2. The molecular weight excluding hydrogens is 1380 g/mol. The van der Waals surface area contributed by atoms with Crippen LogP contribution >= 0.6 is 19.4 Å². The van der Waals surface area contributed by atoms with Crippen LogP contribution in [0.3, 0.4) is 0 Å². The third-order valence-corrected chi connectivity index (χ3v) is 15.2. The van der Waals surface area contributed by atoms with Gasteiger partial charge >= 0.3 is 41.5 Å². The van der Waals surface area contributed by atoms with Gasteiger partial charge in [0.15, 0.2) is 0 Å². The Kier molecular flexibility index (Phi) is 44.1. The first-order valence-corrected chi connectivity index (χ1v) is 36.3. The zero-order valence-corrected chi connectivity index (χ0v) is 56.9. The molecule has 0 aromatic heterocycles. The Bertz CT molecular complexity index is 1930. The summed E-state index contributed by atoms with van der Waals surface area (Å²) in [5, 5.41) is 43.5. The summed E-state index contributed by atoms with van der Waals surface area (Å²) < 4.78 is 23.4. The molecule has 2 heterocycles. The number of likely N-dealkylation sites (tertiary alicyclic amines) is 1. The van der Waals surface area contributed by atoms with E-state index in [0.717, 1.165) is 31.5 Å². The van der Waals surface area contributed by atoms with Crippen molar-refractivity contribution in [2.24, 2.45) is 29.6 Å². The van der Waals surface area contributed by atoms with Gasteiger partial charge in [0, 0.05) is 67.1 Å². The molecule has 3 rings (SSSR count). The number of hydrogen-bond donors (Lipinski definition) is 7. The van der Waals surface area contributed by atoms with Gasteiger partial charge in [-0.25, -0.2) is 4.79 Å². The third kappa shape index (κ3) is 30.2. The molecule has 2 saturated heterocycles. The fourth-order valence-electron chi connectivity index (χ4n) is 10.5. The second-order valence-corrected chi connectivity index (χ2v) is 22.3. The van der Waals surface area contributed by atoms with Crippen LogP contribution in [0.1, 0.15) is 92.6 Å². The number of methoxy groups -OCH3 is 2. The molecule has 2 aliphatic rings. The van der Waals surface area contributed by atoms with Crippen molar-refractivity contribution < 1.29 is 74.1 Å². The summed E-state index contributed by atoms with van der Waals surface area (Å²) in [6.45, 7) is 20.7. The van der Waals surface area contributed by atoms with Crippen LogP contribution in [0.25, 0.3) is 16.0 Å². The van der Waals surface area contributed by atoms with Crippen molar-refractivity contribution in [3.63, 3.8) is 0 Å². The zero-order valence-electron chi connectivity index (χ0n) is 52.4. The van der Waals surface area contributed by atoms with Crippen molar-refractivity contribution in [2.75, 3.05) is 140 Å². The van der Waals surface area contributed by atoms with E-state index in [0.29, 0.717) is 90.8 Å². The van der Waals surface area contributed by atoms with Gasteiger partial charge in [-0.15, -0.1) is 26.2 Å². The predicted octanol–water partition coefficient (Wildman–Crippen LogP) is 4.20. The predicted molar refractivity (Wildman–Crippen MR) is 334 cm³/mol. The number of ether oxygens (including phenoxy) is 4. The summed E-state index contributed by atoms with van der Waals surface area (Å²) in [7, 11) is 8.51. The molecule has 489 valence electrons. The molecule has 0 saturated carbocycles. The van der Waals surface area contributed by atoms with Crippen LogP contribution in [0.15, 0.2) is 30.3 Å². The summed E-state index contributed by atoms with van der Waals surface area (Å²) in [5.74, 6) is -1.91. The van der Waals surface area contributed by atoms with Crippen LogP contribution in [0.4, 0.5) is 4.79 Å². The topological polar surface area (TPSA) is 292 Å². The Balaban J connectivity index is 0.00000265. The number of likely N-dealkylation sites (N-methyl/N-ethyl adjacent to an activating group) is 2. The first kappa shape index (κ1) is 78.9. The van der Waals surface area contributed by atoms with Gasteiger partial charge in [-0.05, 0) is 56.2 Å². The molecule has 7 amide bonds. The SMILES string of the molecule is CC[C@H](C)[C@@H]([C@@H](CC(=O)N1CCC[C@H]1[C@H](OC)[C@@H](C)C(=O)N[C@@H](Cc1ccccc1)C(=O)NCCOCCOCCNC(=O)NCC1CC[N-]CC1)OC)N(C)C(=O)[C@@H](NC(=O)[C@H](C(C)C)N(C)C)C(C)C.OCC[N-]CC[N-]CCO.[I][Pt]. The molecule has 0 spiro atoms. The van der Waals surface area contributed by atoms with E-state index in [1.165, 1.54) is 7.11 Å². The van der Waals surface area contributed by atoms with Crippen LogP contribution in [0.5, 0.6) is 0 Å². The average Bonchev–Trinajstić information content (AvgIpc) is 4.18. The summed E-state index contributed by atoms with van der Waals surface area (Å²) in [6.07, 6.45) is 2.91. The van der Waals surface area contributed by atoms with Crippen LogP contribution in [-0.4, -0.2) is 243 Å². The molecule has 0 unspecified atom stereocenters. The standard InChI is InChI=1S/C53H92N9O10.C6H14N2O2.HI.Pt/c1-13-37(6)47(61(10)52(67)45(35(2)3)59-51(66)46(36(4)5)60(8)9)43(69-11)33-44(63)62-27-17-20-42(62)48(70-12)38(7)49(64)58-41(32-39-18-15-14-16-19-39)50(65)55-25-28-71-30-31-72-29-26-56-53(68)57-34-40-21-23-54-24-22-40;9-5-3-7-1-2-8-4-6-10;;/h14-16,18-19,35-38,40-43,45-48H,13,17,20-34H2,1-12H3,(H,55,65)(H,58,64)(H,59,66)(H2,56,57,68);9-10H,1-6H2;1H;/q-1;-2;;+1/p-1/t37-,38+,41-,42-,43+,45-,46-,47-,48+;;;/m0.../s1. The Morgan fingerprint density at radius 3 is 1.88 bits per heavy atom. The van der Waals surface area contributed by atoms with Crippen molar-refractivity contribution >= 4 is 54.9 Å². The second kappa shape index (κ2) is 46.9. The normalized spacial score (nSPS) is 17.3. The van der Waals surface area contributed by atoms with E-state index in [1.807, 2.05) is 90.9 Å². The molecule has 7 N–H and O–H groups in total. The number of rotatable bonds is 39. The summed E-state index contributed by atoms with van der Waals surface area (Å²) >= 11 is 4.23. The molecule has 1 aromatic rings. The quantitative estimate of drug-likeness (QED) is 0.0360. The zero-order chi connectivity index (χ0) is 63.0. The monoisotopic (exact) mass is 1480 g/mol. The maximum atomic E-state index is 14.5. The summed E-state index contributed by atoms with van der Waals surface area (Å²) in [4.78, 5) is 87.6. The molecular formula is C59H106IN11O12Pt-3. The number of urea groups is 1. The van der Waals surface area contributed by atoms with Crippen LogP contribution in [0.2, 0.25) is 0 Å². The Labute approximate surface area is 524 Å². The van der Waals surface area contributed by atoms with E-state index < -0.39 is 48.3 Å². The van der Waals surface area contributed by atoms with Gasteiger partial charge in [0.2, 0.25) is 29.5 Å². The van der Waals surface area contributed by atoms with Crippen LogP contribution in [-0.2, 0) is 65.5 Å². The second-order valence-electron chi connectivity index (χ2n) is 22.3. The first-order chi connectivity index (χ1) is 40.3. The minimum absolute atomic E-state index is 0.0166. The fourth-order valence-corrected chi connectivity index (χ4v) is 10.5. The number of carbonyl (C=O) groups is 6. The Morgan fingerprint density at radius 1 is 0.762 bits per heavy atom. The number of aliphatic hydroxyl groups is 2. The number of benzene rings is 1. The van der Waals surface area contributed by atoms with Crippen molar-refractivity contribution in [1.82, 2.24) is 41.3 Å². The first-order valence-electron chi connectivity index (χ1n) is 29.9. The van der Waals surface area contributed by atoms with Gasteiger partial charge in [-0.3, -0.25) is 28.9 Å². The third-order valence-electron chi connectivity index (χ3n) is 15.2. The number of nitrogens with one attached hydrogen (secondary N) is 5. The molecule has 0 bridgehead atoms. The van der Waals surface area contributed by atoms with E-state index in [4.69, 9.17) is 29.2 Å². The molecule has 25 heteroatoms. The Morgan fingerprint density at radius 2 is 1.36 bits per heavy atom. The van der Waals surface area contributed by atoms with Crippen molar-refractivity contribution in [3.05, 3.63) is 51.8 Å². The molecule has 84 heavy (non-hydrogen) atoms. The van der Waals surface area contributed by atoms with Crippen LogP contribution in [0, 0.1) is 29.6 Å². The van der Waals surface area contributed by atoms with E-state index in [9.17, 15) is 28.8 Å². The molecule has 0 aliphatic carbocycles. The van der Waals surface area contributed by atoms with E-state index in [2.05, 4.69) is 78.0 Å².